The van der Waals surface area contributed by atoms with Crippen molar-refractivity contribution in [1.29, 1.82) is 0 Å². The van der Waals surface area contributed by atoms with Crippen LogP contribution in [-0.4, -0.2) is 59.1 Å². The molecule has 3 N–H and O–H groups in total. The smallest absolute Gasteiger partial charge is 0.328 e. The van der Waals surface area contributed by atoms with Crippen LogP contribution in [0.4, 0.5) is 0 Å². The molecule has 1 heterocycles. The van der Waals surface area contributed by atoms with Gasteiger partial charge in [0, 0.05) is 18.2 Å². The Balaban J connectivity index is 2.45. The fraction of sp³-hybridized carbons (Fsp3) is 0.571. The van der Waals surface area contributed by atoms with Gasteiger partial charge in [-0.3, -0.25) is 4.79 Å². The minimum absolute atomic E-state index is 0.0180. The molecular formula is C28H42N2O6. The van der Waals surface area contributed by atoms with Gasteiger partial charge in [-0.1, -0.05) is 39.8 Å². The monoisotopic (exact) mass is 502 g/mol. The first-order chi connectivity index (χ1) is 17.1. The highest BCUT2D eigenvalue weighted by molar-refractivity contribution is 5.96. The summed E-state index contributed by atoms with van der Waals surface area (Å²) in [5.41, 5.74) is 3.23. The summed E-state index contributed by atoms with van der Waals surface area (Å²) in [6.07, 6.45) is 2.74. The number of carbonyl (C=O) groups excluding carboxylic acids is 2. The van der Waals surface area contributed by atoms with E-state index in [2.05, 4.69) is 25.2 Å². The van der Waals surface area contributed by atoms with Gasteiger partial charge in [0.15, 0.2) is 0 Å². The molecule has 0 saturated heterocycles. The Labute approximate surface area is 214 Å². The molecule has 0 aliphatic heterocycles. The highest BCUT2D eigenvalue weighted by Crippen LogP contribution is 2.41. The van der Waals surface area contributed by atoms with Crippen LogP contribution < -0.4 is 10.1 Å². The zero-order valence-electron chi connectivity index (χ0n) is 22.6. The fourth-order valence-electron chi connectivity index (χ4n) is 4.64. The molecule has 0 fully saturated rings. The van der Waals surface area contributed by atoms with Crippen molar-refractivity contribution in [2.45, 2.75) is 78.5 Å². The van der Waals surface area contributed by atoms with Crippen LogP contribution in [-0.2, 0) is 21.5 Å². The largest absolute Gasteiger partial charge is 0.491 e. The van der Waals surface area contributed by atoms with Gasteiger partial charge in [-0.25, -0.2) is 4.79 Å². The molecule has 0 radical (unpaired) electrons. The predicted octanol–water partition coefficient (Wildman–Crippen LogP) is 3.58. The van der Waals surface area contributed by atoms with Crippen LogP contribution in [0.3, 0.4) is 0 Å². The summed E-state index contributed by atoms with van der Waals surface area (Å²) in [6.45, 7) is 12.2. The van der Waals surface area contributed by atoms with Crippen molar-refractivity contribution in [3.8, 4) is 5.75 Å². The quantitative estimate of drug-likeness (QED) is 0.361. The van der Waals surface area contributed by atoms with Crippen molar-refractivity contribution < 1.29 is 29.3 Å². The zero-order valence-corrected chi connectivity index (χ0v) is 22.6. The second kappa shape index (κ2) is 12.9. The molecule has 8 nitrogen and oxygen atoms in total. The molecule has 2 rings (SSSR count). The van der Waals surface area contributed by atoms with Crippen molar-refractivity contribution >= 4 is 11.9 Å². The molecule has 36 heavy (non-hydrogen) atoms. The second-order valence-electron chi connectivity index (χ2n) is 9.54. The maximum absolute atomic E-state index is 13.3. The van der Waals surface area contributed by atoms with Gasteiger partial charge in [0.2, 0.25) is 0 Å². The summed E-state index contributed by atoms with van der Waals surface area (Å²) in [5.74, 6) is -0.232. The van der Waals surface area contributed by atoms with Crippen LogP contribution in [0.25, 0.3) is 0 Å². The first kappa shape index (κ1) is 29.4. The third-order valence-corrected chi connectivity index (χ3v) is 7.01. The molecule has 200 valence electrons. The van der Waals surface area contributed by atoms with E-state index in [1.165, 1.54) is 7.11 Å². The minimum atomic E-state index is -0.928. The molecule has 0 aliphatic rings. The number of aryl methyl sites for hydroxylation is 2. The Hall–Kier alpha value is -2.84. The van der Waals surface area contributed by atoms with Crippen molar-refractivity contribution in [3.05, 3.63) is 52.8 Å². The molecule has 2 aromatic rings. The number of nitrogens with one attached hydrogen (secondary N) is 1. The fourth-order valence-corrected chi connectivity index (χ4v) is 4.64. The molecule has 8 heteroatoms. The van der Waals surface area contributed by atoms with E-state index in [-0.39, 0.29) is 30.5 Å². The number of nitrogens with zero attached hydrogens (tertiary/aromatic N) is 1. The number of amides is 1. The van der Waals surface area contributed by atoms with E-state index in [1.54, 1.807) is 0 Å². The Morgan fingerprint density at radius 3 is 2.28 bits per heavy atom. The normalized spacial score (nSPS) is 13.4. The van der Waals surface area contributed by atoms with Gasteiger partial charge in [-0.05, 0) is 61.4 Å². The number of aliphatic hydroxyl groups is 2. The second-order valence-corrected chi connectivity index (χ2v) is 9.54. The molecule has 1 amide bonds. The average Bonchev–Trinajstić information content (AvgIpc) is 3.31. The lowest BCUT2D eigenvalue weighted by Crippen LogP contribution is -2.45. The third kappa shape index (κ3) is 6.28. The summed E-state index contributed by atoms with van der Waals surface area (Å²) < 4.78 is 12.5. The lowest BCUT2D eigenvalue weighted by atomic mass is 9.71. The van der Waals surface area contributed by atoms with Crippen LogP contribution in [0.15, 0.2) is 30.5 Å². The summed E-state index contributed by atoms with van der Waals surface area (Å²) in [5, 5.41) is 21.5. The van der Waals surface area contributed by atoms with Crippen molar-refractivity contribution in [1.82, 2.24) is 9.88 Å². The predicted molar refractivity (Wildman–Crippen MR) is 139 cm³/mol. The summed E-state index contributed by atoms with van der Waals surface area (Å²) >= 11 is 0. The summed E-state index contributed by atoms with van der Waals surface area (Å²) in [7, 11) is 1.32. The summed E-state index contributed by atoms with van der Waals surface area (Å²) in [4.78, 5) is 25.5. The number of rotatable bonds is 13. The molecule has 0 bridgehead atoms. The number of methoxy groups -OCH3 is 1. The van der Waals surface area contributed by atoms with Crippen LogP contribution >= 0.6 is 0 Å². The molecule has 2 atom stereocenters. The van der Waals surface area contributed by atoms with E-state index in [9.17, 15) is 14.7 Å². The number of benzene rings is 1. The third-order valence-electron chi connectivity index (χ3n) is 7.01. The number of esters is 1. The number of hydrogen-bond acceptors (Lipinski definition) is 6. The Morgan fingerprint density at radius 1 is 1.11 bits per heavy atom. The summed E-state index contributed by atoms with van der Waals surface area (Å²) in [6, 6.07) is 7.20. The van der Waals surface area contributed by atoms with Gasteiger partial charge in [-0.2, -0.15) is 0 Å². The molecule has 1 aromatic heterocycles. The topological polar surface area (TPSA) is 110 Å². The van der Waals surface area contributed by atoms with Gasteiger partial charge < -0.3 is 29.6 Å². The van der Waals surface area contributed by atoms with E-state index < -0.39 is 18.1 Å². The first-order valence-electron chi connectivity index (χ1n) is 12.7. The minimum Gasteiger partial charge on any atom is -0.491 e. The van der Waals surface area contributed by atoms with E-state index in [1.807, 2.05) is 56.7 Å². The van der Waals surface area contributed by atoms with Crippen molar-refractivity contribution in [2.24, 2.45) is 5.92 Å². The Morgan fingerprint density at radius 2 is 1.78 bits per heavy atom. The zero-order chi connectivity index (χ0) is 27.0. The van der Waals surface area contributed by atoms with Crippen molar-refractivity contribution in [3.63, 3.8) is 0 Å². The number of aliphatic hydroxyl groups excluding tert-OH is 2. The van der Waals surface area contributed by atoms with E-state index in [0.717, 1.165) is 29.5 Å². The Kier molecular flexibility index (Phi) is 10.5. The number of aromatic nitrogens is 1. The maximum atomic E-state index is 13.3. The van der Waals surface area contributed by atoms with Crippen LogP contribution in [0.1, 0.15) is 74.6 Å². The highest BCUT2D eigenvalue weighted by Gasteiger charge is 2.34. The number of ether oxygens (including phenoxy) is 2. The van der Waals surface area contributed by atoms with Gasteiger partial charge in [0.05, 0.1) is 13.7 Å². The molecule has 1 unspecified atom stereocenters. The molecule has 0 aliphatic carbocycles. The maximum Gasteiger partial charge on any atom is 0.328 e. The first-order valence-corrected chi connectivity index (χ1v) is 12.7. The molecular weight excluding hydrogens is 460 g/mol. The highest BCUT2D eigenvalue weighted by atomic mass is 16.5. The number of hydrogen-bond donors (Lipinski definition) is 3. The van der Waals surface area contributed by atoms with Crippen LogP contribution in [0, 0.1) is 12.8 Å². The van der Waals surface area contributed by atoms with Gasteiger partial charge in [0.25, 0.3) is 5.91 Å². The van der Waals surface area contributed by atoms with E-state index in [0.29, 0.717) is 18.0 Å². The molecule has 0 spiro atoms. The molecule has 0 saturated carbocycles. The van der Waals surface area contributed by atoms with E-state index in [4.69, 9.17) is 14.6 Å². The lowest BCUT2D eigenvalue weighted by Gasteiger charge is -2.32. The van der Waals surface area contributed by atoms with Crippen LogP contribution in [0.5, 0.6) is 5.75 Å². The molecule has 1 aromatic carbocycles. The number of carbonyl (C=O) groups is 2. The average molecular weight is 503 g/mol. The lowest BCUT2D eigenvalue weighted by molar-refractivity contribution is -0.144. The Bertz CT molecular complexity index is 1030. The van der Waals surface area contributed by atoms with Gasteiger partial charge >= 0.3 is 5.97 Å². The SMILES string of the molecule is CCn1cc(C(CC)(CC)c2ccc(OCC(O)CO)c(C)c2)cc1C(=O)N[C@H](C(=O)OC)C(C)C. The van der Waals surface area contributed by atoms with Crippen LogP contribution in [0.2, 0.25) is 0 Å². The van der Waals surface area contributed by atoms with Crippen molar-refractivity contribution in [2.75, 3.05) is 20.3 Å². The van der Waals surface area contributed by atoms with Gasteiger partial charge in [-0.15, -0.1) is 0 Å². The standard InChI is InChI=1S/C28H42N2O6/c1-8-28(9-2,20-11-12-24(19(6)13-20)36-17-22(32)16-31)21-14-23(30(10-3)15-21)26(33)29-25(18(4)5)27(34)35-7/h11-15,18,22,25,31-32H,8-10,16-17H2,1-7H3,(H,29,33)/t22?,25-/m0/s1. The van der Waals surface area contributed by atoms with Gasteiger partial charge in [0.1, 0.15) is 30.2 Å². The van der Waals surface area contributed by atoms with E-state index >= 15 is 0 Å².